The highest BCUT2D eigenvalue weighted by atomic mass is 16.3. The Morgan fingerprint density at radius 2 is 1.55 bits per heavy atom. The molecule has 0 aliphatic heterocycles. The highest BCUT2D eigenvalue weighted by molar-refractivity contribution is 5.20. The summed E-state index contributed by atoms with van der Waals surface area (Å²) in [7, 11) is 0. The fourth-order valence-corrected chi connectivity index (χ4v) is 10.3. The first kappa shape index (κ1) is 25.7. The molecule has 0 aromatic heterocycles. The van der Waals surface area contributed by atoms with Crippen LogP contribution in [0.4, 0.5) is 0 Å². The van der Waals surface area contributed by atoms with E-state index >= 15 is 0 Å². The van der Waals surface area contributed by atoms with Crippen LogP contribution in [-0.4, -0.2) is 33.1 Å². The normalized spacial score (nSPS) is 50.5. The molecule has 0 bridgehead atoms. The lowest BCUT2D eigenvalue weighted by molar-refractivity contribution is -0.246. The molecule has 0 unspecified atom stereocenters. The van der Waals surface area contributed by atoms with Gasteiger partial charge in [-0.25, -0.2) is 0 Å². The summed E-state index contributed by atoms with van der Waals surface area (Å²) in [6, 6.07) is 0. The van der Waals surface area contributed by atoms with E-state index in [0.717, 1.165) is 44.9 Å². The molecule has 190 valence electrons. The van der Waals surface area contributed by atoms with Gasteiger partial charge in [-0.3, -0.25) is 0 Å². The first-order chi connectivity index (χ1) is 15.1. The first-order valence-corrected chi connectivity index (χ1v) is 13.8. The summed E-state index contributed by atoms with van der Waals surface area (Å²) in [5.41, 5.74) is 0.885. The molecule has 3 N–H and O–H groups in total. The smallest absolute Gasteiger partial charge is 0.0654 e. The highest BCUT2D eigenvalue weighted by Crippen LogP contribution is 2.75. The minimum absolute atomic E-state index is 0.0503. The maximum atomic E-state index is 11.8. The van der Waals surface area contributed by atoms with Crippen molar-refractivity contribution in [2.24, 2.45) is 45.3 Å². The molecule has 33 heavy (non-hydrogen) atoms. The molecule has 4 fully saturated rings. The van der Waals surface area contributed by atoms with Gasteiger partial charge in [0.25, 0.3) is 0 Å². The van der Waals surface area contributed by atoms with Crippen molar-refractivity contribution in [3.8, 4) is 0 Å². The van der Waals surface area contributed by atoms with E-state index in [1.54, 1.807) is 0 Å². The van der Waals surface area contributed by atoms with Crippen molar-refractivity contribution in [3.05, 3.63) is 11.6 Å². The van der Waals surface area contributed by atoms with Gasteiger partial charge in [-0.1, -0.05) is 46.3 Å². The maximum Gasteiger partial charge on any atom is 0.0654 e. The third-order valence-corrected chi connectivity index (χ3v) is 12.4. The van der Waals surface area contributed by atoms with Crippen molar-refractivity contribution in [1.82, 2.24) is 0 Å². The fourth-order valence-electron chi connectivity index (χ4n) is 10.3. The predicted octanol–water partition coefficient (Wildman–Crippen LogP) is 6.50. The number of allylic oxidation sites excluding steroid dienone is 2. The van der Waals surface area contributed by atoms with E-state index in [1.165, 1.54) is 18.4 Å². The Labute approximate surface area is 203 Å². The largest absolute Gasteiger partial charge is 0.393 e. The summed E-state index contributed by atoms with van der Waals surface area (Å²) >= 11 is 0. The van der Waals surface area contributed by atoms with Crippen LogP contribution < -0.4 is 0 Å². The van der Waals surface area contributed by atoms with Gasteiger partial charge in [-0.2, -0.15) is 0 Å². The lowest BCUT2D eigenvalue weighted by atomic mass is 9.35. The Kier molecular flexibility index (Phi) is 6.28. The minimum atomic E-state index is -0.739. The van der Waals surface area contributed by atoms with Gasteiger partial charge < -0.3 is 15.3 Å². The SMILES string of the molecule is CC(C)=CCC[C@@](C)(O)[C@@H]1CC[C@]2(C)[C@H]1[C@H](O)C[C@H]1[C@@]3(C)CC[C@H](O)C(C)(C)[C@@H]3CC[C@]12C. The van der Waals surface area contributed by atoms with Gasteiger partial charge >= 0.3 is 0 Å². The van der Waals surface area contributed by atoms with Crippen molar-refractivity contribution in [1.29, 1.82) is 0 Å². The van der Waals surface area contributed by atoms with E-state index in [9.17, 15) is 15.3 Å². The van der Waals surface area contributed by atoms with E-state index in [-0.39, 0.29) is 45.7 Å². The third-order valence-electron chi connectivity index (χ3n) is 12.4. The molecule has 4 aliphatic rings. The van der Waals surface area contributed by atoms with Gasteiger partial charge in [0.1, 0.15) is 0 Å². The molecule has 3 nitrogen and oxygen atoms in total. The minimum Gasteiger partial charge on any atom is -0.393 e. The van der Waals surface area contributed by atoms with E-state index in [1.807, 2.05) is 6.92 Å². The standard InChI is InChI=1S/C30H52O3/c1-19(2)10-9-14-30(8,33)20-11-16-29(7)25(20)21(31)18-23-27(5)15-13-24(32)26(3,4)22(27)12-17-28(23,29)6/h10,20-25,31-33H,9,11-18H2,1-8H3/t20-,21-,22+,23+,24+,25-,27+,28-,29-,30-/m1/s1. The molecule has 4 aliphatic carbocycles. The zero-order valence-corrected chi connectivity index (χ0v) is 22.7. The summed E-state index contributed by atoms with van der Waals surface area (Å²) in [4.78, 5) is 0. The quantitative estimate of drug-likeness (QED) is 0.420. The lowest BCUT2D eigenvalue weighted by Crippen LogP contribution is -2.66. The number of rotatable bonds is 4. The molecule has 4 rings (SSSR count). The zero-order valence-electron chi connectivity index (χ0n) is 22.7. The average Bonchev–Trinajstić information content (AvgIpc) is 3.08. The van der Waals surface area contributed by atoms with Crippen LogP contribution in [0.1, 0.15) is 113 Å². The number of aliphatic hydroxyl groups is 3. The highest BCUT2D eigenvalue weighted by Gasteiger charge is 2.71. The maximum absolute atomic E-state index is 11.8. The Balaban J connectivity index is 1.66. The second-order valence-corrected chi connectivity index (χ2v) is 14.5. The molecular weight excluding hydrogens is 408 g/mol. The summed E-state index contributed by atoms with van der Waals surface area (Å²) < 4.78 is 0. The zero-order chi connectivity index (χ0) is 24.6. The van der Waals surface area contributed by atoms with Crippen LogP contribution >= 0.6 is 0 Å². The van der Waals surface area contributed by atoms with E-state index in [0.29, 0.717) is 11.8 Å². The molecule has 0 radical (unpaired) electrons. The van der Waals surface area contributed by atoms with Gasteiger partial charge in [-0.15, -0.1) is 0 Å². The van der Waals surface area contributed by atoms with Crippen molar-refractivity contribution >= 4 is 0 Å². The molecule has 0 heterocycles. The monoisotopic (exact) mass is 460 g/mol. The Morgan fingerprint density at radius 3 is 2.18 bits per heavy atom. The van der Waals surface area contributed by atoms with Crippen LogP contribution in [0.2, 0.25) is 0 Å². The summed E-state index contributed by atoms with van der Waals surface area (Å²) in [5.74, 6) is 1.31. The van der Waals surface area contributed by atoms with Crippen molar-refractivity contribution in [2.75, 3.05) is 0 Å². The van der Waals surface area contributed by atoms with Crippen molar-refractivity contribution < 1.29 is 15.3 Å². The Bertz CT molecular complexity index is 779. The first-order valence-electron chi connectivity index (χ1n) is 13.8. The molecule has 0 amide bonds. The van der Waals surface area contributed by atoms with E-state index < -0.39 is 5.60 Å². The summed E-state index contributed by atoms with van der Waals surface area (Å²) in [5, 5.41) is 34.3. The molecular formula is C30H52O3. The van der Waals surface area contributed by atoms with Crippen LogP contribution in [0.25, 0.3) is 0 Å². The average molecular weight is 461 g/mol. The molecule has 0 saturated heterocycles. The molecule has 0 aromatic carbocycles. The third kappa shape index (κ3) is 3.61. The van der Waals surface area contributed by atoms with Crippen LogP contribution in [-0.2, 0) is 0 Å². The number of aliphatic hydroxyl groups excluding tert-OH is 2. The molecule has 3 heteroatoms. The lowest BCUT2D eigenvalue weighted by Gasteiger charge is -2.70. The van der Waals surface area contributed by atoms with E-state index in [2.05, 4.69) is 54.5 Å². The van der Waals surface area contributed by atoms with E-state index in [4.69, 9.17) is 0 Å². The second kappa shape index (κ2) is 8.07. The predicted molar refractivity (Wildman–Crippen MR) is 136 cm³/mol. The second-order valence-electron chi connectivity index (χ2n) is 14.5. The van der Waals surface area contributed by atoms with Crippen LogP contribution in [0, 0.1) is 45.3 Å². The van der Waals surface area contributed by atoms with Crippen LogP contribution in [0.5, 0.6) is 0 Å². The molecule has 4 saturated carbocycles. The van der Waals surface area contributed by atoms with Crippen molar-refractivity contribution in [2.45, 2.75) is 131 Å². The van der Waals surface area contributed by atoms with Crippen LogP contribution in [0.15, 0.2) is 11.6 Å². The molecule has 0 spiro atoms. The number of fused-ring (bicyclic) bond motifs is 5. The van der Waals surface area contributed by atoms with Gasteiger partial charge in [0.2, 0.25) is 0 Å². The summed E-state index contributed by atoms with van der Waals surface area (Å²) in [6.45, 7) is 18.3. The number of hydrogen-bond acceptors (Lipinski definition) is 3. The summed E-state index contributed by atoms with van der Waals surface area (Å²) in [6.07, 6.45) is 10.6. The van der Waals surface area contributed by atoms with Gasteiger partial charge in [0.15, 0.2) is 0 Å². The van der Waals surface area contributed by atoms with Crippen LogP contribution in [0.3, 0.4) is 0 Å². The van der Waals surface area contributed by atoms with Gasteiger partial charge in [0.05, 0.1) is 17.8 Å². The topological polar surface area (TPSA) is 60.7 Å². The fraction of sp³-hybridized carbons (Fsp3) is 0.933. The van der Waals surface area contributed by atoms with Gasteiger partial charge in [0, 0.05) is 0 Å². The Hall–Kier alpha value is -0.380. The molecule has 10 atom stereocenters. The molecule has 0 aromatic rings. The Morgan fingerprint density at radius 1 is 0.909 bits per heavy atom. The van der Waals surface area contributed by atoms with Crippen molar-refractivity contribution in [3.63, 3.8) is 0 Å². The van der Waals surface area contributed by atoms with Gasteiger partial charge in [-0.05, 0) is 124 Å². The number of hydrogen-bond donors (Lipinski definition) is 3.